The average molecular weight is 515 g/mol. The molecule has 2 atom stereocenters. The van der Waals surface area contributed by atoms with Crippen molar-refractivity contribution in [1.82, 2.24) is 30.3 Å². The van der Waals surface area contributed by atoms with Crippen LogP contribution in [0.15, 0.2) is 24.5 Å². The number of nitrogens with zero attached hydrogens (tertiary/aromatic N) is 4. The number of rotatable bonds is 7. The molecule has 186 valence electrons. The molecule has 0 aromatic carbocycles. The van der Waals surface area contributed by atoms with Gasteiger partial charge in [0.1, 0.15) is 5.82 Å². The largest absolute Gasteiger partial charge is 0.427 e. The third-order valence-corrected chi connectivity index (χ3v) is 8.05. The van der Waals surface area contributed by atoms with Gasteiger partial charge in [-0.25, -0.2) is 14.8 Å². The number of aromatic nitrogens is 4. The van der Waals surface area contributed by atoms with Crippen molar-refractivity contribution in [2.45, 2.75) is 58.2 Å². The maximum Gasteiger partial charge on any atom is 0.427 e. The van der Waals surface area contributed by atoms with Crippen molar-refractivity contribution in [3.63, 3.8) is 0 Å². The molecule has 8 nitrogen and oxygen atoms in total. The first-order valence-corrected chi connectivity index (χ1v) is 13.9. The van der Waals surface area contributed by atoms with E-state index in [0.29, 0.717) is 16.6 Å². The lowest BCUT2D eigenvalue weighted by Crippen LogP contribution is -2.23. The Kier molecular flexibility index (Phi) is 7.18. The molecule has 1 saturated carbocycles. The number of hydroxylamine groups is 1. The normalized spacial score (nSPS) is 23.3. The second-order valence-electron chi connectivity index (χ2n) is 9.80. The number of fused-ring (bicyclic) bond motifs is 1. The quantitative estimate of drug-likeness (QED) is 0.418. The number of amides is 1. The standard InChI is InChI=1S/C25H31ClN6O2S/c1-14-4-6-16(7-5-14)12-32-22-19(29-24(32)15(2)13-35-3)9-20(23-30-25(33)34-31-23)28-21(22)17-8-18(26)11-27-10-17/h8-11,14-16,23,31H,4-7,12-13H2,1-3H3,(H,30,33). The van der Waals surface area contributed by atoms with Crippen molar-refractivity contribution < 1.29 is 9.63 Å². The first-order valence-electron chi connectivity index (χ1n) is 12.2. The van der Waals surface area contributed by atoms with Gasteiger partial charge in [-0.15, -0.1) is 5.48 Å². The van der Waals surface area contributed by atoms with Crippen LogP contribution in [0, 0.1) is 11.8 Å². The van der Waals surface area contributed by atoms with Crippen molar-refractivity contribution in [3.8, 4) is 11.3 Å². The topological polar surface area (TPSA) is 94.0 Å². The molecule has 2 aliphatic rings. The molecule has 2 N–H and O–H groups in total. The Hall–Kier alpha value is -2.36. The van der Waals surface area contributed by atoms with Gasteiger partial charge in [-0.1, -0.05) is 38.3 Å². The molecule has 0 radical (unpaired) electrons. The van der Waals surface area contributed by atoms with E-state index in [4.69, 9.17) is 26.4 Å². The molecule has 0 spiro atoms. The van der Waals surface area contributed by atoms with Crippen LogP contribution in [0.3, 0.4) is 0 Å². The molecule has 1 aliphatic heterocycles. The Bertz CT molecular complexity index is 1230. The van der Waals surface area contributed by atoms with Crippen LogP contribution in [0.2, 0.25) is 5.02 Å². The van der Waals surface area contributed by atoms with Gasteiger partial charge in [-0.3, -0.25) is 10.3 Å². The van der Waals surface area contributed by atoms with E-state index < -0.39 is 12.3 Å². The van der Waals surface area contributed by atoms with Gasteiger partial charge in [-0.2, -0.15) is 11.8 Å². The van der Waals surface area contributed by atoms with E-state index in [2.05, 4.69) is 40.5 Å². The zero-order chi connectivity index (χ0) is 24.5. The summed E-state index contributed by atoms with van der Waals surface area (Å²) in [5, 5.41) is 3.29. The van der Waals surface area contributed by atoms with Crippen LogP contribution in [-0.2, 0) is 11.4 Å². The van der Waals surface area contributed by atoms with Gasteiger partial charge in [0.2, 0.25) is 0 Å². The predicted molar refractivity (Wildman–Crippen MR) is 139 cm³/mol. The Morgan fingerprint density at radius 3 is 2.71 bits per heavy atom. The molecule has 3 aromatic heterocycles. The van der Waals surface area contributed by atoms with Crippen molar-refractivity contribution in [1.29, 1.82) is 0 Å². The number of hydrogen-bond acceptors (Lipinski definition) is 7. The number of halogens is 1. The Morgan fingerprint density at radius 1 is 1.23 bits per heavy atom. The molecule has 2 unspecified atom stereocenters. The number of carbonyl (C=O) groups is 1. The lowest BCUT2D eigenvalue weighted by molar-refractivity contribution is 0.121. The van der Waals surface area contributed by atoms with Crippen LogP contribution in [-0.4, -0.2) is 37.6 Å². The third kappa shape index (κ3) is 5.13. The maximum atomic E-state index is 11.7. The maximum absolute atomic E-state index is 11.7. The monoisotopic (exact) mass is 514 g/mol. The first kappa shape index (κ1) is 24.3. The second kappa shape index (κ2) is 10.3. The van der Waals surface area contributed by atoms with Crippen molar-refractivity contribution in [3.05, 3.63) is 41.1 Å². The first-order chi connectivity index (χ1) is 16.9. The van der Waals surface area contributed by atoms with Gasteiger partial charge >= 0.3 is 6.09 Å². The summed E-state index contributed by atoms with van der Waals surface area (Å²) >= 11 is 8.16. The number of thioether (sulfide) groups is 1. The van der Waals surface area contributed by atoms with Crippen LogP contribution in [0.5, 0.6) is 0 Å². The van der Waals surface area contributed by atoms with Gasteiger partial charge in [0.25, 0.3) is 0 Å². The van der Waals surface area contributed by atoms with Crippen molar-refractivity contribution in [2.75, 3.05) is 12.0 Å². The highest BCUT2D eigenvalue weighted by Gasteiger charge is 2.29. The molecule has 1 amide bonds. The number of nitrogens with one attached hydrogen (secondary N) is 2. The van der Waals surface area contributed by atoms with Crippen LogP contribution in [0.25, 0.3) is 22.3 Å². The van der Waals surface area contributed by atoms with Crippen LogP contribution < -0.4 is 10.8 Å². The third-order valence-electron chi connectivity index (χ3n) is 7.01. The highest BCUT2D eigenvalue weighted by Crippen LogP contribution is 2.36. The zero-order valence-electron chi connectivity index (χ0n) is 20.3. The van der Waals surface area contributed by atoms with Gasteiger partial charge < -0.3 is 9.40 Å². The fraction of sp³-hybridized carbons (Fsp3) is 0.520. The minimum atomic E-state index is -0.560. The number of carbonyl (C=O) groups excluding carboxylic acids is 1. The summed E-state index contributed by atoms with van der Waals surface area (Å²) in [7, 11) is 0. The van der Waals surface area contributed by atoms with Gasteiger partial charge in [-0.05, 0) is 43.1 Å². The number of hydrogen-bond donors (Lipinski definition) is 2. The number of pyridine rings is 2. The molecule has 1 saturated heterocycles. The highest BCUT2D eigenvalue weighted by molar-refractivity contribution is 7.98. The molecular weight excluding hydrogens is 484 g/mol. The van der Waals surface area contributed by atoms with E-state index in [1.54, 1.807) is 12.4 Å². The Morgan fingerprint density at radius 2 is 2.03 bits per heavy atom. The lowest BCUT2D eigenvalue weighted by Gasteiger charge is -2.28. The van der Waals surface area contributed by atoms with Crippen molar-refractivity contribution in [2.24, 2.45) is 11.8 Å². The number of imidazole rings is 1. The summed E-state index contributed by atoms with van der Waals surface area (Å²) in [6, 6.07) is 3.82. The molecule has 3 aromatic rings. The molecule has 4 heterocycles. The van der Waals surface area contributed by atoms with Crippen molar-refractivity contribution >= 4 is 40.5 Å². The molecule has 5 rings (SSSR count). The van der Waals surface area contributed by atoms with E-state index in [-0.39, 0.29) is 5.92 Å². The van der Waals surface area contributed by atoms with E-state index in [1.807, 2.05) is 23.9 Å². The molecule has 2 fully saturated rings. The zero-order valence-corrected chi connectivity index (χ0v) is 21.8. The van der Waals surface area contributed by atoms with Crippen LogP contribution in [0.4, 0.5) is 4.79 Å². The van der Waals surface area contributed by atoms with Crippen LogP contribution in [0.1, 0.15) is 63.1 Å². The van der Waals surface area contributed by atoms with E-state index in [1.165, 1.54) is 25.7 Å². The molecule has 0 bridgehead atoms. The molecule has 1 aliphatic carbocycles. The summed E-state index contributed by atoms with van der Waals surface area (Å²) in [5.74, 6) is 3.74. The van der Waals surface area contributed by atoms with E-state index in [0.717, 1.165) is 46.3 Å². The summed E-state index contributed by atoms with van der Waals surface area (Å²) in [6.07, 6.45) is 9.43. The van der Waals surface area contributed by atoms with Gasteiger partial charge in [0, 0.05) is 36.2 Å². The summed E-state index contributed by atoms with van der Waals surface area (Å²) in [4.78, 5) is 31.0. The van der Waals surface area contributed by atoms with E-state index in [9.17, 15) is 4.79 Å². The fourth-order valence-corrected chi connectivity index (χ4v) is 5.99. The smallest absolute Gasteiger partial charge is 0.351 e. The lowest BCUT2D eigenvalue weighted by atomic mass is 9.83. The minimum absolute atomic E-state index is 0.279. The molecule has 35 heavy (non-hydrogen) atoms. The average Bonchev–Trinajstić information content (AvgIpc) is 3.44. The second-order valence-corrected chi connectivity index (χ2v) is 11.2. The predicted octanol–water partition coefficient (Wildman–Crippen LogP) is 5.68. The molecular formula is C25H31ClN6O2S. The fourth-order valence-electron chi connectivity index (χ4n) is 5.16. The van der Waals surface area contributed by atoms with Crippen LogP contribution >= 0.6 is 23.4 Å². The van der Waals surface area contributed by atoms with Gasteiger partial charge in [0.15, 0.2) is 6.17 Å². The van der Waals surface area contributed by atoms with Gasteiger partial charge in [0.05, 0.1) is 27.4 Å². The summed E-state index contributed by atoms with van der Waals surface area (Å²) in [6.45, 7) is 5.50. The molecule has 10 heteroatoms. The summed E-state index contributed by atoms with van der Waals surface area (Å²) < 4.78 is 2.39. The highest BCUT2D eigenvalue weighted by atomic mass is 35.5. The SMILES string of the molecule is CSCC(C)c1nc2cc(C3NOC(=O)N3)nc(-c3cncc(Cl)c3)c2n1CC1CCC(C)CC1. The Balaban J connectivity index is 1.68. The summed E-state index contributed by atoms with van der Waals surface area (Å²) in [5.41, 5.74) is 6.75. The van der Waals surface area contributed by atoms with E-state index >= 15 is 0 Å². The Labute approximate surface area is 214 Å². The minimum Gasteiger partial charge on any atom is -0.351 e.